The Morgan fingerprint density at radius 2 is 2.10 bits per heavy atom. The van der Waals surface area contributed by atoms with Gasteiger partial charge in [0.05, 0.1) is 10.9 Å². The fourth-order valence-electron chi connectivity index (χ4n) is 2.47. The van der Waals surface area contributed by atoms with Crippen LogP contribution in [0.5, 0.6) is 0 Å². The Morgan fingerprint density at radius 3 is 2.57 bits per heavy atom. The lowest BCUT2D eigenvalue weighted by Crippen LogP contribution is -2.42. The van der Waals surface area contributed by atoms with Crippen molar-refractivity contribution in [1.29, 1.82) is 0 Å². The molecule has 0 aromatic carbocycles. The molecule has 5 nitrogen and oxygen atoms in total. The molecule has 118 valence electrons. The van der Waals surface area contributed by atoms with E-state index in [9.17, 15) is 13.2 Å². The second-order valence-electron chi connectivity index (χ2n) is 5.09. The third-order valence-corrected chi connectivity index (χ3v) is 8.13. The maximum atomic E-state index is 12.8. The molecule has 0 bridgehead atoms. The van der Waals surface area contributed by atoms with Crippen LogP contribution in [0, 0.1) is 6.92 Å². The van der Waals surface area contributed by atoms with Gasteiger partial charge in [0.1, 0.15) is 10.8 Å². The number of esters is 1. The van der Waals surface area contributed by atoms with Crippen molar-refractivity contribution in [1.82, 2.24) is 4.31 Å². The number of carbonyl (C=O) groups excluding carboxylic acids is 1. The summed E-state index contributed by atoms with van der Waals surface area (Å²) in [7, 11) is -2.40. The molecule has 0 spiro atoms. The Morgan fingerprint density at radius 1 is 1.48 bits per heavy atom. The maximum absolute atomic E-state index is 12.8. The van der Waals surface area contributed by atoms with E-state index in [2.05, 4.69) is 20.7 Å². The largest absolute Gasteiger partial charge is 0.468 e. The smallest absolute Gasteiger partial charge is 0.321 e. The summed E-state index contributed by atoms with van der Waals surface area (Å²) in [6.07, 6.45) is 3.57. The SMILES string of the molecule is COC(=O)CN(C1CCCC1)S(=O)(=O)c1cc(C)c(Br)s1. The molecule has 0 radical (unpaired) electrons. The minimum atomic E-state index is -3.67. The van der Waals surface area contributed by atoms with Crippen molar-refractivity contribution in [2.75, 3.05) is 13.7 Å². The average molecular weight is 396 g/mol. The molecule has 0 atom stereocenters. The summed E-state index contributed by atoms with van der Waals surface area (Å²) in [6.45, 7) is 1.62. The maximum Gasteiger partial charge on any atom is 0.321 e. The first kappa shape index (κ1) is 16.9. The fraction of sp³-hybridized carbons (Fsp3) is 0.615. The number of rotatable bonds is 5. The summed E-state index contributed by atoms with van der Waals surface area (Å²) in [5.74, 6) is -0.530. The molecular weight excluding hydrogens is 378 g/mol. The molecule has 1 heterocycles. The summed E-state index contributed by atoms with van der Waals surface area (Å²) >= 11 is 4.53. The van der Waals surface area contributed by atoms with Crippen LogP contribution < -0.4 is 0 Å². The third kappa shape index (κ3) is 3.67. The number of carbonyl (C=O) groups is 1. The molecule has 1 aromatic rings. The number of hydrogen-bond acceptors (Lipinski definition) is 5. The molecule has 0 aliphatic heterocycles. The molecule has 1 aliphatic rings. The van der Waals surface area contributed by atoms with Crippen molar-refractivity contribution >= 4 is 43.3 Å². The van der Waals surface area contributed by atoms with Crippen molar-refractivity contribution in [3.63, 3.8) is 0 Å². The highest BCUT2D eigenvalue weighted by atomic mass is 79.9. The van der Waals surface area contributed by atoms with Gasteiger partial charge in [0.2, 0.25) is 0 Å². The molecule has 0 unspecified atom stereocenters. The lowest BCUT2D eigenvalue weighted by atomic mass is 10.2. The molecule has 1 aliphatic carbocycles. The van der Waals surface area contributed by atoms with E-state index in [-0.39, 0.29) is 16.8 Å². The van der Waals surface area contributed by atoms with E-state index in [4.69, 9.17) is 0 Å². The van der Waals surface area contributed by atoms with Crippen LogP contribution in [-0.4, -0.2) is 38.4 Å². The van der Waals surface area contributed by atoms with Crippen molar-refractivity contribution < 1.29 is 17.9 Å². The number of hydrogen-bond donors (Lipinski definition) is 0. The van der Waals surface area contributed by atoms with Crippen LogP contribution in [0.2, 0.25) is 0 Å². The van der Waals surface area contributed by atoms with Crippen LogP contribution >= 0.6 is 27.3 Å². The Balaban J connectivity index is 2.35. The molecule has 1 saturated carbocycles. The molecule has 1 fully saturated rings. The predicted octanol–water partition coefficient (Wildman–Crippen LogP) is 2.93. The number of sulfonamides is 1. The van der Waals surface area contributed by atoms with Crippen LogP contribution in [0.25, 0.3) is 0 Å². The summed E-state index contributed by atoms with van der Waals surface area (Å²) in [5.41, 5.74) is 0.878. The molecule has 0 N–H and O–H groups in total. The van der Waals surface area contributed by atoms with Gasteiger partial charge in [-0.25, -0.2) is 8.42 Å². The second kappa shape index (κ2) is 6.76. The van der Waals surface area contributed by atoms with Gasteiger partial charge in [-0.15, -0.1) is 11.3 Å². The Hall–Kier alpha value is -0.440. The van der Waals surface area contributed by atoms with Gasteiger partial charge < -0.3 is 4.74 Å². The summed E-state index contributed by atoms with van der Waals surface area (Å²) in [5, 5.41) is 0. The highest BCUT2D eigenvalue weighted by Gasteiger charge is 2.36. The van der Waals surface area contributed by atoms with Crippen LogP contribution in [0.4, 0.5) is 0 Å². The zero-order chi connectivity index (χ0) is 15.6. The molecular formula is C13H18BrNO4S2. The van der Waals surface area contributed by atoms with E-state index in [0.717, 1.165) is 35.0 Å². The first-order valence-electron chi connectivity index (χ1n) is 6.71. The van der Waals surface area contributed by atoms with Gasteiger partial charge in [0, 0.05) is 6.04 Å². The van der Waals surface area contributed by atoms with E-state index in [0.29, 0.717) is 0 Å². The zero-order valence-electron chi connectivity index (χ0n) is 12.0. The van der Waals surface area contributed by atoms with Crippen LogP contribution in [0.15, 0.2) is 14.1 Å². The van der Waals surface area contributed by atoms with Crippen molar-refractivity contribution in [2.45, 2.75) is 42.9 Å². The standard InChI is InChI=1S/C13H18BrNO4S2/c1-9-7-12(20-13(9)14)21(17,18)15(8-11(16)19-2)10-5-3-4-6-10/h7,10H,3-6,8H2,1-2H3. The van der Waals surface area contributed by atoms with Gasteiger partial charge >= 0.3 is 5.97 Å². The number of nitrogens with zero attached hydrogens (tertiary/aromatic N) is 1. The number of methoxy groups -OCH3 is 1. The van der Waals surface area contributed by atoms with Crippen molar-refractivity contribution in [3.05, 3.63) is 15.4 Å². The van der Waals surface area contributed by atoms with E-state index >= 15 is 0 Å². The summed E-state index contributed by atoms with van der Waals surface area (Å²) in [4.78, 5) is 11.6. The van der Waals surface area contributed by atoms with E-state index in [1.807, 2.05) is 6.92 Å². The number of aryl methyl sites for hydroxylation is 1. The van der Waals surface area contributed by atoms with Crippen LogP contribution in [0.1, 0.15) is 31.2 Å². The minimum Gasteiger partial charge on any atom is -0.468 e. The van der Waals surface area contributed by atoms with Gasteiger partial charge in [0.15, 0.2) is 0 Å². The molecule has 21 heavy (non-hydrogen) atoms. The highest BCUT2D eigenvalue weighted by Crippen LogP contribution is 2.35. The van der Waals surface area contributed by atoms with Gasteiger partial charge in [0.25, 0.3) is 10.0 Å². The van der Waals surface area contributed by atoms with Crippen molar-refractivity contribution in [2.24, 2.45) is 0 Å². The van der Waals surface area contributed by atoms with Crippen LogP contribution in [-0.2, 0) is 19.6 Å². The predicted molar refractivity (Wildman–Crippen MR) is 84.9 cm³/mol. The molecule has 8 heteroatoms. The molecule has 0 saturated heterocycles. The number of halogens is 1. The molecule has 1 aromatic heterocycles. The topological polar surface area (TPSA) is 63.7 Å². The van der Waals surface area contributed by atoms with Crippen molar-refractivity contribution in [3.8, 4) is 0 Å². The third-order valence-electron chi connectivity index (χ3n) is 3.64. The van der Waals surface area contributed by atoms with E-state index in [1.54, 1.807) is 6.07 Å². The Kier molecular flexibility index (Phi) is 5.45. The number of thiophene rings is 1. The monoisotopic (exact) mass is 395 g/mol. The molecule has 2 rings (SSSR count). The van der Waals surface area contributed by atoms with E-state index < -0.39 is 16.0 Å². The quantitative estimate of drug-likeness (QED) is 0.718. The highest BCUT2D eigenvalue weighted by molar-refractivity contribution is 9.11. The Bertz CT molecular complexity index is 601. The molecule has 0 amide bonds. The van der Waals surface area contributed by atoms with Gasteiger partial charge in [-0.2, -0.15) is 4.31 Å². The average Bonchev–Trinajstić information content (AvgIpc) is 3.06. The lowest BCUT2D eigenvalue weighted by Gasteiger charge is -2.26. The van der Waals surface area contributed by atoms with Gasteiger partial charge in [-0.05, 0) is 47.3 Å². The normalized spacial score (nSPS) is 16.6. The number of ether oxygens (including phenoxy) is 1. The summed E-state index contributed by atoms with van der Waals surface area (Å²) < 4.78 is 32.7. The zero-order valence-corrected chi connectivity index (χ0v) is 15.2. The van der Waals surface area contributed by atoms with E-state index in [1.165, 1.54) is 22.8 Å². The minimum absolute atomic E-state index is 0.115. The summed E-state index contributed by atoms with van der Waals surface area (Å²) in [6, 6.07) is 1.53. The fourth-order valence-corrected chi connectivity index (χ4v) is 6.45. The van der Waals surface area contributed by atoms with Gasteiger partial charge in [-0.3, -0.25) is 4.79 Å². The van der Waals surface area contributed by atoms with Crippen LogP contribution in [0.3, 0.4) is 0 Å². The first-order chi connectivity index (χ1) is 9.86. The first-order valence-corrected chi connectivity index (χ1v) is 9.76. The lowest BCUT2D eigenvalue weighted by molar-refractivity contribution is -0.141. The Labute approximate surface area is 137 Å². The second-order valence-corrected chi connectivity index (χ2v) is 9.57. The van der Waals surface area contributed by atoms with Gasteiger partial charge in [-0.1, -0.05) is 12.8 Å².